The number of aromatic carboxylic acids is 1. The number of carbonyl (C=O) groups is 1. The number of carboxylic acids is 1. The Kier molecular flexibility index (Phi) is 7.18. The number of furan rings is 1. The minimum atomic E-state index is -0.940. The van der Waals surface area contributed by atoms with E-state index in [1.807, 2.05) is 54.0 Å². The smallest absolute Gasteiger partial charge is 0.354 e. The lowest BCUT2D eigenvalue weighted by Gasteiger charge is -2.11. The molecule has 2 aromatic carbocycles. The van der Waals surface area contributed by atoms with Gasteiger partial charge in [0.25, 0.3) is 0 Å². The molecule has 37 heavy (non-hydrogen) atoms. The summed E-state index contributed by atoms with van der Waals surface area (Å²) in [5.74, 6) is 1.02. The van der Waals surface area contributed by atoms with E-state index in [2.05, 4.69) is 43.5 Å². The third kappa shape index (κ3) is 4.81. The van der Waals surface area contributed by atoms with E-state index in [0.29, 0.717) is 30.2 Å². The van der Waals surface area contributed by atoms with E-state index in [1.165, 1.54) is 0 Å². The lowest BCUT2D eigenvalue weighted by molar-refractivity contribution is 0.0684. The van der Waals surface area contributed by atoms with Crippen LogP contribution in [0, 0.1) is 0 Å². The van der Waals surface area contributed by atoms with Gasteiger partial charge in [-0.25, -0.2) is 9.78 Å². The number of tetrazole rings is 1. The summed E-state index contributed by atoms with van der Waals surface area (Å²) in [5.41, 5.74) is 4.26. The fourth-order valence-electron chi connectivity index (χ4n) is 4.62. The summed E-state index contributed by atoms with van der Waals surface area (Å²) in [5, 5.41) is 25.4. The first kappa shape index (κ1) is 24.9. The maximum absolute atomic E-state index is 12.3. The highest BCUT2D eigenvalue weighted by Gasteiger charge is 2.23. The third-order valence-corrected chi connectivity index (χ3v) is 7.14. The molecule has 3 heterocycles. The number of nitrogens with zero attached hydrogens (tertiary/aromatic N) is 5. The summed E-state index contributed by atoms with van der Waals surface area (Å²) < 4.78 is 8.93. The minimum absolute atomic E-state index is 0.286. The van der Waals surface area contributed by atoms with Crippen LogP contribution in [-0.2, 0) is 19.4 Å². The summed E-state index contributed by atoms with van der Waals surface area (Å²) >= 11 is 3.75. The number of hydrogen-bond donors (Lipinski definition) is 2. The van der Waals surface area contributed by atoms with Crippen LogP contribution in [0.5, 0.6) is 0 Å². The maximum Gasteiger partial charge on any atom is 0.354 e. The number of H-pyrrole nitrogens is 1. The second kappa shape index (κ2) is 10.7. The van der Waals surface area contributed by atoms with Gasteiger partial charge in [0.1, 0.15) is 17.2 Å². The molecule has 0 saturated carbocycles. The number of halogens is 1. The highest BCUT2D eigenvalue weighted by atomic mass is 79.9. The summed E-state index contributed by atoms with van der Waals surface area (Å²) in [6.45, 7) is 4.58. The zero-order chi connectivity index (χ0) is 25.9. The van der Waals surface area contributed by atoms with E-state index in [-0.39, 0.29) is 5.69 Å². The van der Waals surface area contributed by atoms with E-state index in [9.17, 15) is 9.90 Å². The van der Waals surface area contributed by atoms with Crippen molar-refractivity contribution >= 4 is 32.9 Å². The molecular weight excluding hydrogens is 536 g/mol. The van der Waals surface area contributed by atoms with E-state index in [1.54, 1.807) is 0 Å². The van der Waals surface area contributed by atoms with Gasteiger partial charge in [0.2, 0.25) is 5.82 Å². The van der Waals surface area contributed by atoms with Crippen LogP contribution in [0.4, 0.5) is 0 Å². The van der Waals surface area contributed by atoms with Gasteiger partial charge in [0.05, 0.1) is 10.2 Å². The van der Waals surface area contributed by atoms with Gasteiger partial charge in [-0.3, -0.25) is 0 Å². The standard InChI is InChI=1S/C27H27BrN6O3/c1-3-5-11-22-29-20(8-4-2)24(27(35)36)34(22)15-16-12-13-21-19(14-16)23(28)25(37-21)17-9-6-7-10-18(17)26-30-32-33-31-26/h6-7,9-10,12-14H,3-5,8,11,15H2,1-2H3,(H,35,36)(H,30,31,32,33). The number of unbranched alkanes of at least 4 members (excludes halogenated alkanes) is 1. The predicted molar refractivity (Wildman–Crippen MR) is 143 cm³/mol. The summed E-state index contributed by atoms with van der Waals surface area (Å²) in [4.78, 5) is 17.0. The molecule has 2 N–H and O–H groups in total. The van der Waals surface area contributed by atoms with Crippen LogP contribution < -0.4 is 0 Å². The fraction of sp³-hybridized carbons (Fsp3) is 0.296. The molecule has 5 aromatic rings. The van der Waals surface area contributed by atoms with Crippen molar-refractivity contribution in [3.8, 4) is 22.7 Å². The molecule has 0 aliphatic rings. The molecule has 0 spiro atoms. The Balaban J connectivity index is 1.56. The van der Waals surface area contributed by atoms with Crippen LogP contribution in [0.3, 0.4) is 0 Å². The molecule has 190 valence electrons. The van der Waals surface area contributed by atoms with Gasteiger partial charge in [0.15, 0.2) is 5.69 Å². The first-order valence-corrected chi connectivity index (χ1v) is 13.2. The second-order valence-electron chi connectivity index (χ2n) is 8.92. The van der Waals surface area contributed by atoms with Crippen molar-refractivity contribution in [1.29, 1.82) is 0 Å². The van der Waals surface area contributed by atoms with E-state index in [4.69, 9.17) is 9.40 Å². The quantitative estimate of drug-likeness (QED) is 0.205. The van der Waals surface area contributed by atoms with E-state index in [0.717, 1.165) is 63.6 Å². The number of rotatable bonds is 10. The average molecular weight is 563 g/mol. The molecule has 3 aromatic heterocycles. The number of aryl methyl sites for hydroxylation is 2. The summed E-state index contributed by atoms with van der Waals surface area (Å²) in [6, 6.07) is 13.7. The van der Waals surface area contributed by atoms with Crippen molar-refractivity contribution in [1.82, 2.24) is 30.2 Å². The molecule has 0 bridgehead atoms. The summed E-state index contributed by atoms with van der Waals surface area (Å²) in [6.07, 6.45) is 4.20. The van der Waals surface area contributed by atoms with Crippen molar-refractivity contribution < 1.29 is 14.3 Å². The Morgan fingerprint density at radius 3 is 2.62 bits per heavy atom. The van der Waals surface area contributed by atoms with Gasteiger partial charge in [-0.1, -0.05) is 57.0 Å². The van der Waals surface area contributed by atoms with Crippen LogP contribution in [0.1, 0.15) is 60.7 Å². The largest absolute Gasteiger partial charge is 0.477 e. The van der Waals surface area contributed by atoms with Gasteiger partial charge in [0, 0.05) is 29.5 Å². The van der Waals surface area contributed by atoms with Gasteiger partial charge in [-0.15, -0.1) is 10.2 Å². The Hall–Kier alpha value is -3.79. The Labute approximate surface area is 222 Å². The molecule has 0 saturated heterocycles. The zero-order valence-corrected chi connectivity index (χ0v) is 22.2. The number of benzene rings is 2. The minimum Gasteiger partial charge on any atom is -0.477 e. The zero-order valence-electron chi connectivity index (χ0n) is 20.7. The van der Waals surface area contributed by atoms with Crippen LogP contribution in [-0.4, -0.2) is 41.3 Å². The Morgan fingerprint density at radius 2 is 1.92 bits per heavy atom. The molecular formula is C27H27BrN6O3. The molecule has 10 heteroatoms. The highest BCUT2D eigenvalue weighted by Crippen LogP contribution is 2.41. The molecule has 9 nitrogen and oxygen atoms in total. The van der Waals surface area contributed by atoms with Gasteiger partial charge < -0.3 is 14.1 Å². The number of imidazole rings is 1. The lowest BCUT2D eigenvalue weighted by atomic mass is 10.0. The molecule has 0 amide bonds. The van der Waals surface area contributed by atoms with E-state index < -0.39 is 5.97 Å². The monoisotopic (exact) mass is 562 g/mol. The predicted octanol–water partition coefficient (Wildman–Crippen LogP) is 6.28. The number of nitrogens with one attached hydrogen (secondary N) is 1. The molecule has 5 rings (SSSR count). The van der Waals surface area contributed by atoms with Crippen LogP contribution in [0.2, 0.25) is 0 Å². The lowest BCUT2D eigenvalue weighted by Crippen LogP contribution is -2.14. The number of hydrogen-bond acceptors (Lipinski definition) is 6. The molecule has 0 aliphatic carbocycles. The first-order chi connectivity index (χ1) is 18.0. The van der Waals surface area contributed by atoms with Crippen molar-refractivity contribution in [3.63, 3.8) is 0 Å². The fourth-order valence-corrected chi connectivity index (χ4v) is 5.23. The van der Waals surface area contributed by atoms with Crippen molar-refractivity contribution in [2.75, 3.05) is 0 Å². The van der Waals surface area contributed by atoms with Gasteiger partial charge in [-0.05, 0) is 51.7 Å². The van der Waals surface area contributed by atoms with Gasteiger partial charge in [-0.2, -0.15) is 5.21 Å². The van der Waals surface area contributed by atoms with Crippen LogP contribution >= 0.6 is 15.9 Å². The van der Waals surface area contributed by atoms with Gasteiger partial charge >= 0.3 is 5.97 Å². The average Bonchev–Trinajstić information content (AvgIpc) is 3.62. The van der Waals surface area contributed by atoms with Crippen LogP contribution in [0.15, 0.2) is 51.4 Å². The Morgan fingerprint density at radius 1 is 1.11 bits per heavy atom. The third-order valence-electron chi connectivity index (χ3n) is 6.35. The number of aromatic nitrogens is 6. The molecule has 0 fully saturated rings. The number of aromatic amines is 1. The van der Waals surface area contributed by atoms with Crippen molar-refractivity contribution in [2.24, 2.45) is 0 Å². The molecule has 0 aliphatic heterocycles. The topological polar surface area (TPSA) is 123 Å². The normalized spacial score (nSPS) is 11.4. The first-order valence-electron chi connectivity index (χ1n) is 12.4. The molecule has 0 radical (unpaired) electrons. The Bertz CT molecular complexity index is 1550. The van der Waals surface area contributed by atoms with Crippen molar-refractivity contribution in [2.45, 2.75) is 52.5 Å². The molecule has 0 atom stereocenters. The molecule has 0 unspecified atom stereocenters. The van der Waals surface area contributed by atoms with Crippen LogP contribution in [0.25, 0.3) is 33.7 Å². The SMILES string of the molecule is CCCCc1nc(CCC)c(C(=O)O)n1Cc1ccc2oc(-c3ccccc3-c3nn[nH]n3)c(Br)c2c1. The number of carboxylic acid groups (broad SMARTS) is 1. The maximum atomic E-state index is 12.3. The highest BCUT2D eigenvalue weighted by molar-refractivity contribution is 9.10. The summed E-state index contributed by atoms with van der Waals surface area (Å²) in [7, 11) is 0. The van der Waals surface area contributed by atoms with Crippen molar-refractivity contribution in [3.05, 3.63) is 69.7 Å². The second-order valence-corrected chi connectivity index (χ2v) is 9.72. The number of fused-ring (bicyclic) bond motifs is 1. The van der Waals surface area contributed by atoms with E-state index >= 15 is 0 Å².